The van der Waals surface area contributed by atoms with E-state index in [1.165, 1.54) is 12.1 Å². The third kappa shape index (κ3) is 11.1. The number of aliphatic hydroxyl groups excluding tert-OH is 1. The van der Waals surface area contributed by atoms with Gasteiger partial charge in [0.05, 0.1) is 12.1 Å². The lowest BCUT2D eigenvalue weighted by molar-refractivity contribution is -0.129. The van der Waals surface area contributed by atoms with Crippen LogP contribution in [0.3, 0.4) is 0 Å². The van der Waals surface area contributed by atoms with E-state index in [4.69, 9.17) is 6.42 Å². The summed E-state index contributed by atoms with van der Waals surface area (Å²) in [4.78, 5) is 40.9. The molecule has 43 heavy (non-hydrogen) atoms. The van der Waals surface area contributed by atoms with Crippen LogP contribution in [0.25, 0.3) is 0 Å². The van der Waals surface area contributed by atoms with E-state index in [1.54, 1.807) is 29.8 Å². The van der Waals surface area contributed by atoms with Gasteiger partial charge in [-0.05, 0) is 61.6 Å². The quantitative estimate of drug-likeness (QED) is 0.198. The zero-order valence-electron chi connectivity index (χ0n) is 25.8. The number of rotatable bonds is 16. The number of carbonyl (C=O) groups excluding carboxylic acids is 3. The number of benzene rings is 2. The molecule has 8 nitrogen and oxygen atoms in total. The molecule has 0 fully saturated rings. The molecular formula is C33H44F2N4O4. The molecule has 0 aliphatic heterocycles. The van der Waals surface area contributed by atoms with E-state index in [-0.39, 0.29) is 47.4 Å². The Morgan fingerprint density at radius 2 is 1.49 bits per heavy atom. The molecule has 3 N–H and O–H groups in total. The predicted octanol–water partition coefficient (Wildman–Crippen LogP) is 4.31. The molecule has 2 unspecified atom stereocenters. The van der Waals surface area contributed by atoms with Gasteiger partial charge < -0.3 is 15.3 Å². The highest BCUT2D eigenvalue weighted by atomic mass is 19.1. The van der Waals surface area contributed by atoms with Crippen LogP contribution in [0.1, 0.15) is 85.7 Å². The van der Waals surface area contributed by atoms with E-state index in [9.17, 15) is 28.3 Å². The minimum Gasteiger partial charge on any atom is -0.390 e. The van der Waals surface area contributed by atoms with Crippen molar-refractivity contribution in [1.82, 2.24) is 20.7 Å². The number of nitrogens with one attached hydrogen (secondary N) is 2. The van der Waals surface area contributed by atoms with Crippen molar-refractivity contribution in [1.29, 1.82) is 0 Å². The first-order valence-corrected chi connectivity index (χ1v) is 14.8. The van der Waals surface area contributed by atoms with Crippen LogP contribution in [-0.4, -0.2) is 71.1 Å². The van der Waals surface area contributed by atoms with Crippen LogP contribution < -0.4 is 10.7 Å². The highest BCUT2D eigenvalue weighted by molar-refractivity contribution is 6.00. The van der Waals surface area contributed by atoms with Gasteiger partial charge in [0.15, 0.2) is 0 Å². The number of halogens is 2. The van der Waals surface area contributed by atoms with E-state index in [2.05, 4.69) is 16.7 Å². The number of hydrazine groups is 1. The molecule has 2 atom stereocenters. The van der Waals surface area contributed by atoms with Crippen molar-refractivity contribution >= 4 is 17.7 Å². The molecule has 0 aromatic heterocycles. The number of carbonyl (C=O) groups is 3. The van der Waals surface area contributed by atoms with Gasteiger partial charge in [0.2, 0.25) is 5.91 Å². The average molecular weight is 599 g/mol. The van der Waals surface area contributed by atoms with Crippen molar-refractivity contribution in [2.75, 3.05) is 26.2 Å². The Kier molecular flexibility index (Phi) is 14.3. The third-order valence-corrected chi connectivity index (χ3v) is 6.74. The summed E-state index contributed by atoms with van der Waals surface area (Å²) in [6, 6.07) is 6.45. The fourth-order valence-electron chi connectivity index (χ4n) is 4.62. The molecule has 0 bridgehead atoms. The smallest absolute Gasteiger partial charge is 0.253 e. The summed E-state index contributed by atoms with van der Waals surface area (Å²) in [5.74, 6) is -0.514. The monoisotopic (exact) mass is 598 g/mol. The Labute approximate surface area is 253 Å². The van der Waals surface area contributed by atoms with Crippen molar-refractivity contribution in [2.45, 2.75) is 72.4 Å². The molecular weight excluding hydrogens is 554 g/mol. The molecule has 10 heteroatoms. The highest BCUT2D eigenvalue weighted by Gasteiger charge is 2.27. The highest BCUT2D eigenvalue weighted by Crippen LogP contribution is 2.16. The largest absolute Gasteiger partial charge is 0.390 e. The molecule has 0 aliphatic rings. The van der Waals surface area contributed by atoms with Crippen LogP contribution in [-0.2, 0) is 11.2 Å². The molecule has 234 valence electrons. The van der Waals surface area contributed by atoms with Crippen molar-refractivity contribution in [3.8, 4) is 12.3 Å². The van der Waals surface area contributed by atoms with Crippen molar-refractivity contribution < 1.29 is 28.3 Å². The summed E-state index contributed by atoms with van der Waals surface area (Å²) in [6.45, 7) is 10.8. The van der Waals surface area contributed by atoms with Gasteiger partial charge in [-0.15, -0.1) is 6.42 Å². The van der Waals surface area contributed by atoms with Crippen LogP contribution in [0.2, 0.25) is 0 Å². The number of amides is 3. The van der Waals surface area contributed by atoms with Gasteiger partial charge in [-0.25, -0.2) is 13.8 Å². The predicted molar refractivity (Wildman–Crippen MR) is 163 cm³/mol. The molecule has 3 amide bonds. The molecule has 0 saturated heterocycles. The second-order valence-corrected chi connectivity index (χ2v) is 10.9. The SMILES string of the molecule is C#Cc1cc(C(=O)NC(Cc2cc(F)cc(F)c2)C(O)CN(CCC)NC(=O)C(C)C)cc(C(=O)N(CCC)CCC)c1. The van der Waals surface area contributed by atoms with Gasteiger partial charge in [-0.2, -0.15) is 0 Å². The second-order valence-electron chi connectivity index (χ2n) is 10.9. The van der Waals surface area contributed by atoms with Gasteiger partial charge >= 0.3 is 0 Å². The standard InChI is InChI=1S/C33H44F2N4O4/c1-7-11-38(12-8-2)33(43)26-15-23(10-4)14-25(19-26)32(42)36-29(18-24-16-27(34)20-28(35)17-24)30(40)21-39(13-9-3)37-31(41)22(5)6/h4,14-17,19-20,22,29-30,40H,7-9,11-13,18,21H2,1-3,5-6H3,(H,36,42)(H,37,41). The molecule has 2 aromatic rings. The minimum absolute atomic E-state index is 0.0633. The van der Waals surface area contributed by atoms with Crippen molar-refractivity contribution in [2.24, 2.45) is 5.92 Å². The van der Waals surface area contributed by atoms with Gasteiger partial charge in [0.1, 0.15) is 11.6 Å². The zero-order chi connectivity index (χ0) is 32.1. The average Bonchev–Trinajstić information content (AvgIpc) is 2.95. The number of hydrogen-bond donors (Lipinski definition) is 3. The fourth-order valence-corrected chi connectivity index (χ4v) is 4.62. The summed E-state index contributed by atoms with van der Waals surface area (Å²) in [6.07, 6.45) is 6.48. The first-order valence-electron chi connectivity index (χ1n) is 14.8. The lowest BCUT2D eigenvalue weighted by Gasteiger charge is -2.31. The first-order chi connectivity index (χ1) is 20.4. The zero-order valence-corrected chi connectivity index (χ0v) is 25.8. The summed E-state index contributed by atoms with van der Waals surface area (Å²) in [5, 5.41) is 15.6. The van der Waals surface area contributed by atoms with Crippen LogP contribution in [0.5, 0.6) is 0 Å². The van der Waals surface area contributed by atoms with E-state index < -0.39 is 29.7 Å². The molecule has 0 heterocycles. The van der Waals surface area contributed by atoms with E-state index in [1.807, 2.05) is 20.8 Å². The van der Waals surface area contributed by atoms with Gasteiger partial charge in [-0.1, -0.05) is 40.5 Å². The van der Waals surface area contributed by atoms with Crippen LogP contribution in [0.15, 0.2) is 36.4 Å². The molecule has 0 spiro atoms. The lowest BCUT2D eigenvalue weighted by Crippen LogP contribution is -2.54. The topological polar surface area (TPSA) is 102 Å². The first kappa shape index (κ1) is 35.4. The van der Waals surface area contributed by atoms with Crippen LogP contribution >= 0.6 is 0 Å². The Bertz CT molecular complexity index is 1270. The van der Waals surface area contributed by atoms with E-state index in [0.29, 0.717) is 31.6 Å². The van der Waals surface area contributed by atoms with Gasteiger partial charge in [0, 0.05) is 54.9 Å². The Morgan fingerprint density at radius 3 is 2.02 bits per heavy atom. The second kappa shape index (κ2) is 17.3. The van der Waals surface area contributed by atoms with E-state index in [0.717, 1.165) is 31.0 Å². The maximum atomic E-state index is 14.0. The summed E-state index contributed by atoms with van der Waals surface area (Å²) in [5.41, 5.74) is 3.69. The Morgan fingerprint density at radius 1 is 0.907 bits per heavy atom. The van der Waals surface area contributed by atoms with E-state index >= 15 is 0 Å². The van der Waals surface area contributed by atoms with Crippen LogP contribution in [0.4, 0.5) is 8.78 Å². The third-order valence-electron chi connectivity index (χ3n) is 6.74. The molecule has 0 saturated carbocycles. The maximum absolute atomic E-state index is 14.0. The summed E-state index contributed by atoms with van der Waals surface area (Å²) < 4.78 is 28.0. The minimum atomic E-state index is -1.25. The molecule has 2 rings (SSSR count). The number of terminal acetylenes is 1. The number of aliphatic hydroxyl groups is 1. The maximum Gasteiger partial charge on any atom is 0.253 e. The number of hydrogen-bond acceptors (Lipinski definition) is 5. The normalized spacial score (nSPS) is 12.5. The molecule has 2 aromatic carbocycles. The van der Waals surface area contributed by atoms with Gasteiger partial charge in [0.25, 0.3) is 11.8 Å². The van der Waals surface area contributed by atoms with Gasteiger partial charge in [-0.3, -0.25) is 19.8 Å². The molecule has 0 aliphatic carbocycles. The fraction of sp³-hybridized carbons (Fsp3) is 0.485. The summed E-state index contributed by atoms with van der Waals surface area (Å²) in [7, 11) is 0. The van der Waals surface area contributed by atoms with Crippen molar-refractivity contribution in [3.63, 3.8) is 0 Å². The van der Waals surface area contributed by atoms with Crippen molar-refractivity contribution in [3.05, 3.63) is 70.3 Å². The molecule has 0 radical (unpaired) electrons. The Hall–Kier alpha value is -3.81. The van der Waals surface area contributed by atoms with Crippen LogP contribution in [0, 0.1) is 29.9 Å². The Balaban J connectivity index is 2.43. The number of nitrogens with zero attached hydrogens (tertiary/aromatic N) is 2. The lowest BCUT2D eigenvalue weighted by atomic mass is 9.99. The summed E-state index contributed by atoms with van der Waals surface area (Å²) >= 11 is 0.